The number of benzene rings is 1. The quantitative estimate of drug-likeness (QED) is 0.678. The van der Waals surface area contributed by atoms with Gasteiger partial charge in [-0.15, -0.1) is 0 Å². The predicted octanol–water partition coefficient (Wildman–Crippen LogP) is 3.15. The Bertz CT molecular complexity index is 648. The summed E-state index contributed by atoms with van der Waals surface area (Å²) >= 11 is 0.967. The monoisotopic (exact) mass is 291 g/mol. The lowest BCUT2D eigenvalue weighted by molar-refractivity contribution is -0.380. The summed E-state index contributed by atoms with van der Waals surface area (Å²) < 4.78 is 12.8. The molecule has 0 aliphatic rings. The number of hydrogen-bond donors (Lipinski definition) is 1. The maximum Gasteiger partial charge on any atom is 0.324 e. The number of rotatable bonds is 5. The van der Waals surface area contributed by atoms with E-state index >= 15 is 0 Å². The summed E-state index contributed by atoms with van der Waals surface area (Å²) in [6.07, 6.45) is 0. The molecule has 1 N–H and O–H groups in total. The Morgan fingerprint density at radius 3 is 2.60 bits per heavy atom. The second kappa shape index (κ2) is 6.23. The second-order valence-corrected chi connectivity index (χ2v) is 5.10. The standard InChI is InChI=1S/C13H10FN3O2S/c14-10-3-1-9(2-4-10)8-16-11(7-15)12-5-6-13(20-12)17(18)19/h1-6,11,16H,8H2. The largest absolute Gasteiger partial charge is 0.324 e. The summed E-state index contributed by atoms with van der Waals surface area (Å²) in [6, 6.07) is 10.3. The highest BCUT2D eigenvalue weighted by Crippen LogP contribution is 2.28. The van der Waals surface area contributed by atoms with Gasteiger partial charge in [0.1, 0.15) is 11.9 Å². The second-order valence-electron chi connectivity index (χ2n) is 4.00. The molecule has 0 aliphatic carbocycles. The van der Waals surface area contributed by atoms with Gasteiger partial charge in [-0.25, -0.2) is 4.39 Å². The van der Waals surface area contributed by atoms with Gasteiger partial charge in [-0.1, -0.05) is 23.5 Å². The van der Waals surface area contributed by atoms with E-state index in [1.54, 1.807) is 18.2 Å². The van der Waals surface area contributed by atoms with E-state index in [0.717, 1.165) is 16.9 Å². The number of thiophene rings is 1. The number of hydrogen-bond acceptors (Lipinski definition) is 5. The van der Waals surface area contributed by atoms with Crippen LogP contribution >= 0.6 is 11.3 Å². The first-order valence-corrected chi connectivity index (χ1v) is 6.53. The third-order valence-corrected chi connectivity index (χ3v) is 3.73. The zero-order valence-corrected chi connectivity index (χ0v) is 11.1. The van der Waals surface area contributed by atoms with Gasteiger partial charge in [-0.3, -0.25) is 15.4 Å². The third-order valence-electron chi connectivity index (χ3n) is 2.63. The molecule has 1 aromatic carbocycles. The van der Waals surface area contributed by atoms with Crippen LogP contribution in [0.4, 0.5) is 9.39 Å². The van der Waals surface area contributed by atoms with Gasteiger partial charge in [0, 0.05) is 17.5 Å². The van der Waals surface area contributed by atoms with Crippen molar-refractivity contribution in [2.45, 2.75) is 12.6 Å². The van der Waals surface area contributed by atoms with E-state index in [9.17, 15) is 14.5 Å². The molecule has 0 spiro atoms. The summed E-state index contributed by atoms with van der Waals surface area (Å²) in [5.74, 6) is -0.320. The number of nitrogens with zero attached hydrogens (tertiary/aromatic N) is 2. The minimum atomic E-state index is -0.626. The van der Waals surface area contributed by atoms with Crippen molar-refractivity contribution < 1.29 is 9.31 Å². The van der Waals surface area contributed by atoms with Crippen molar-refractivity contribution in [3.05, 3.63) is 62.8 Å². The molecule has 1 heterocycles. The summed E-state index contributed by atoms with van der Waals surface area (Å²) in [7, 11) is 0. The van der Waals surface area contributed by atoms with Crippen molar-refractivity contribution in [1.29, 1.82) is 5.26 Å². The Morgan fingerprint density at radius 2 is 2.05 bits per heavy atom. The average molecular weight is 291 g/mol. The molecule has 7 heteroatoms. The molecule has 2 rings (SSSR count). The molecule has 0 fully saturated rings. The highest BCUT2D eigenvalue weighted by Gasteiger charge is 2.17. The SMILES string of the molecule is N#CC(NCc1ccc(F)cc1)c1ccc([N+](=O)[O-])s1. The van der Waals surface area contributed by atoms with Gasteiger partial charge in [0.25, 0.3) is 0 Å². The molecule has 1 aromatic heterocycles. The molecule has 0 radical (unpaired) electrons. The van der Waals surface area contributed by atoms with Crippen LogP contribution < -0.4 is 5.32 Å². The minimum Gasteiger partial charge on any atom is -0.293 e. The highest BCUT2D eigenvalue weighted by atomic mass is 32.1. The first-order valence-electron chi connectivity index (χ1n) is 5.71. The zero-order chi connectivity index (χ0) is 14.5. The molecule has 0 saturated heterocycles. The van der Waals surface area contributed by atoms with Gasteiger partial charge >= 0.3 is 5.00 Å². The Morgan fingerprint density at radius 1 is 1.35 bits per heavy atom. The minimum absolute atomic E-state index is 0.00355. The Labute approximate surface area is 118 Å². The molecule has 0 saturated carbocycles. The van der Waals surface area contributed by atoms with Crippen LogP contribution in [0.25, 0.3) is 0 Å². The molecule has 20 heavy (non-hydrogen) atoms. The smallest absolute Gasteiger partial charge is 0.293 e. The summed E-state index contributed by atoms with van der Waals surface area (Å²) in [5.41, 5.74) is 0.831. The Kier molecular flexibility index (Phi) is 4.40. The molecular weight excluding hydrogens is 281 g/mol. The van der Waals surface area contributed by atoms with E-state index in [0.29, 0.717) is 11.4 Å². The predicted molar refractivity (Wildman–Crippen MR) is 72.6 cm³/mol. The van der Waals surface area contributed by atoms with Crippen molar-refractivity contribution in [3.63, 3.8) is 0 Å². The van der Waals surface area contributed by atoms with Gasteiger partial charge in [0.15, 0.2) is 0 Å². The van der Waals surface area contributed by atoms with Crippen molar-refractivity contribution in [2.24, 2.45) is 0 Å². The lowest BCUT2D eigenvalue weighted by Gasteiger charge is -2.09. The maximum absolute atomic E-state index is 12.8. The highest BCUT2D eigenvalue weighted by molar-refractivity contribution is 7.15. The number of nitro groups is 1. The van der Waals surface area contributed by atoms with Crippen molar-refractivity contribution in [1.82, 2.24) is 5.32 Å². The fourth-order valence-electron chi connectivity index (χ4n) is 1.63. The van der Waals surface area contributed by atoms with E-state index in [4.69, 9.17) is 5.26 Å². The Balaban J connectivity index is 2.03. The van der Waals surface area contributed by atoms with Gasteiger partial charge < -0.3 is 0 Å². The van der Waals surface area contributed by atoms with Crippen LogP contribution in [-0.4, -0.2) is 4.92 Å². The van der Waals surface area contributed by atoms with E-state index in [-0.39, 0.29) is 10.8 Å². The van der Waals surface area contributed by atoms with Crippen LogP contribution in [0, 0.1) is 27.3 Å². The van der Waals surface area contributed by atoms with Crippen LogP contribution in [0.1, 0.15) is 16.5 Å². The van der Waals surface area contributed by atoms with Crippen LogP contribution in [-0.2, 0) is 6.54 Å². The molecule has 2 aromatic rings. The van der Waals surface area contributed by atoms with E-state index < -0.39 is 11.0 Å². The number of nitriles is 1. The number of halogens is 1. The van der Waals surface area contributed by atoms with Gasteiger partial charge in [-0.05, 0) is 23.8 Å². The summed E-state index contributed by atoms with van der Waals surface area (Å²) in [5, 5.41) is 22.7. The van der Waals surface area contributed by atoms with Crippen molar-refractivity contribution in [3.8, 4) is 6.07 Å². The first-order chi connectivity index (χ1) is 9.60. The van der Waals surface area contributed by atoms with Crippen molar-refractivity contribution >= 4 is 16.3 Å². The fraction of sp³-hybridized carbons (Fsp3) is 0.154. The van der Waals surface area contributed by atoms with Crippen LogP contribution in [0.5, 0.6) is 0 Å². The van der Waals surface area contributed by atoms with Crippen LogP contribution in [0.15, 0.2) is 36.4 Å². The molecule has 0 bridgehead atoms. The van der Waals surface area contributed by atoms with Crippen LogP contribution in [0.2, 0.25) is 0 Å². The van der Waals surface area contributed by atoms with E-state index in [1.165, 1.54) is 18.2 Å². The molecular formula is C13H10FN3O2S. The van der Waals surface area contributed by atoms with E-state index in [2.05, 4.69) is 11.4 Å². The lowest BCUT2D eigenvalue weighted by atomic mass is 10.2. The molecule has 0 aliphatic heterocycles. The fourth-order valence-corrected chi connectivity index (χ4v) is 2.47. The van der Waals surface area contributed by atoms with Gasteiger partial charge in [0.2, 0.25) is 0 Å². The topological polar surface area (TPSA) is 79.0 Å². The molecule has 102 valence electrons. The Hall–Kier alpha value is -2.30. The van der Waals surface area contributed by atoms with Gasteiger partial charge in [0.05, 0.1) is 11.0 Å². The van der Waals surface area contributed by atoms with Crippen molar-refractivity contribution in [2.75, 3.05) is 0 Å². The summed E-state index contributed by atoms with van der Waals surface area (Å²) in [4.78, 5) is 10.7. The normalized spacial score (nSPS) is 11.8. The van der Waals surface area contributed by atoms with E-state index in [1.807, 2.05) is 0 Å². The zero-order valence-electron chi connectivity index (χ0n) is 10.2. The maximum atomic E-state index is 12.8. The third kappa shape index (κ3) is 3.38. The molecule has 1 unspecified atom stereocenters. The first kappa shape index (κ1) is 14.1. The lowest BCUT2D eigenvalue weighted by Crippen LogP contribution is -2.18. The molecule has 0 amide bonds. The molecule has 5 nitrogen and oxygen atoms in total. The van der Waals surface area contributed by atoms with Crippen LogP contribution in [0.3, 0.4) is 0 Å². The van der Waals surface area contributed by atoms with Gasteiger partial charge in [-0.2, -0.15) is 5.26 Å². The number of nitrogens with one attached hydrogen (secondary N) is 1. The average Bonchev–Trinajstić information content (AvgIpc) is 2.91. The summed E-state index contributed by atoms with van der Waals surface area (Å²) in [6.45, 7) is 0.379. The molecule has 1 atom stereocenters.